The van der Waals surface area contributed by atoms with Crippen molar-refractivity contribution in [3.8, 4) is 0 Å². The van der Waals surface area contributed by atoms with Crippen LogP contribution in [-0.4, -0.2) is 10.2 Å². The lowest BCUT2D eigenvalue weighted by Gasteiger charge is -2.01. The highest BCUT2D eigenvalue weighted by molar-refractivity contribution is 5.74. The van der Waals surface area contributed by atoms with Crippen molar-refractivity contribution in [2.45, 2.75) is 19.8 Å². The van der Waals surface area contributed by atoms with E-state index in [-0.39, 0.29) is 11.2 Å². The standard InChI is InChI=1S/C18H18O4/c1-2-3-5-13(6-4-11-19)16-12-22-17-10-8-14(20)7-9-15(17)18(16)21/h3-7,9-12,19-20H,2,8H2,1H3/b5-3-,11-4+,13-6+. The van der Waals surface area contributed by atoms with E-state index < -0.39 is 0 Å². The largest absolute Gasteiger partial charge is 0.516 e. The molecular weight excluding hydrogens is 280 g/mol. The third kappa shape index (κ3) is 3.47. The second kappa shape index (κ2) is 7.31. The third-order valence-corrected chi connectivity index (χ3v) is 3.20. The summed E-state index contributed by atoms with van der Waals surface area (Å²) in [7, 11) is 0. The molecule has 1 aliphatic rings. The molecule has 0 saturated carbocycles. The molecule has 0 aromatic carbocycles. The minimum atomic E-state index is -0.179. The summed E-state index contributed by atoms with van der Waals surface area (Å²) in [6.07, 6.45) is 15.0. The summed E-state index contributed by atoms with van der Waals surface area (Å²) >= 11 is 0. The molecule has 0 saturated heterocycles. The minimum Gasteiger partial charge on any atom is -0.516 e. The van der Waals surface area contributed by atoms with Gasteiger partial charge in [0.1, 0.15) is 11.7 Å². The summed E-state index contributed by atoms with van der Waals surface area (Å²) in [5.74, 6) is 0.178. The van der Waals surface area contributed by atoms with Crippen molar-refractivity contribution >= 4 is 17.7 Å². The lowest BCUT2D eigenvalue weighted by Crippen LogP contribution is -2.39. The lowest BCUT2D eigenvalue weighted by molar-refractivity contribution is 0.404. The van der Waals surface area contributed by atoms with Crippen molar-refractivity contribution in [3.63, 3.8) is 0 Å². The van der Waals surface area contributed by atoms with E-state index in [9.17, 15) is 9.90 Å². The Morgan fingerprint density at radius 3 is 2.95 bits per heavy atom. The molecule has 0 fully saturated rings. The first kappa shape index (κ1) is 15.6. The topological polar surface area (TPSA) is 70.7 Å². The molecule has 4 nitrogen and oxygen atoms in total. The quantitative estimate of drug-likeness (QED) is 0.662. The maximum Gasteiger partial charge on any atom is 0.200 e. The van der Waals surface area contributed by atoms with Crippen molar-refractivity contribution in [2.75, 3.05) is 0 Å². The highest BCUT2D eigenvalue weighted by Crippen LogP contribution is 2.11. The molecule has 1 aliphatic carbocycles. The van der Waals surface area contributed by atoms with Gasteiger partial charge in [0.05, 0.1) is 22.8 Å². The van der Waals surface area contributed by atoms with Gasteiger partial charge in [-0.25, -0.2) is 0 Å². The maximum absolute atomic E-state index is 12.7. The molecule has 0 bridgehead atoms. The van der Waals surface area contributed by atoms with E-state index in [1.165, 1.54) is 18.4 Å². The van der Waals surface area contributed by atoms with Crippen LogP contribution < -0.4 is 16.1 Å². The SMILES string of the molecule is CC\C=C/C(=C\C=C\O)c1coc2c(c1=O)=CC=C(O)CC=2. The van der Waals surface area contributed by atoms with Crippen molar-refractivity contribution in [1.82, 2.24) is 0 Å². The highest BCUT2D eigenvalue weighted by atomic mass is 16.3. The van der Waals surface area contributed by atoms with Gasteiger partial charge in [-0.05, 0) is 36.3 Å². The number of hydrogen-bond acceptors (Lipinski definition) is 4. The smallest absolute Gasteiger partial charge is 0.200 e. The van der Waals surface area contributed by atoms with E-state index in [0.717, 1.165) is 12.7 Å². The van der Waals surface area contributed by atoms with Gasteiger partial charge in [0.25, 0.3) is 0 Å². The fourth-order valence-electron chi connectivity index (χ4n) is 2.08. The van der Waals surface area contributed by atoms with Crippen molar-refractivity contribution in [2.24, 2.45) is 0 Å². The van der Waals surface area contributed by atoms with Crippen molar-refractivity contribution in [3.05, 3.63) is 75.1 Å². The van der Waals surface area contributed by atoms with Crippen LogP contribution in [0.3, 0.4) is 0 Å². The van der Waals surface area contributed by atoms with Gasteiger partial charge < -0.3 is 14.6 Å². The molecule has 2 rings (SSSR count). The Labute approximate surface area is 128 Å². The molecule has 0 radical (unpaired) electrons. The average Bonchev–Trinajstić information content (AvgIpc) is 2.71. The Morgan fingerprint density at radius 1 is 1.41 bits per heavy atom. The van der Waals surface area contributed by atoms with Gasteiger partial charge in [-0.3, -0.25) is 4.79 Å². The molecule has 0 unspecified atom stereocenters. The van der Waals surface area contributed by atoms with Crippen LogP contribution in [0.4, 0.5) is 0 Å². The minimum absolute atomic E-state index is 0.178. The highest BCUT2D eigenvalue weighted by Gasteiger charge is 2.08. The Morgan fingerprint density at radius 2 is 2.23 bits per heavy atom. The van der Waals surface area contributed by atoms with Gasteiger partial charge in [-0.15, -0.1) is 0 Å². The molecule has 1 aromatic rings. The number of rotatable bonds is 4. The second-order valence-corrected chi connectivity index (χ2v) is 4.76. The molecule has 0 atom stereocenters. The van der Waals surface area contributed by atoms with Crippen LogP contribution in [-0.2, 0) is 0 Å². The summed E-state index contributed by atoms with van der Waals surface area (Å²) in [5.41, 5.74) is 1.32. The predicted octanol–water partition coefficient (Wildman–Crippen LogP) is 2.47. The molecule has 22 heavy (non-hydrogen) atoms. The first-order valence-electron chi connectivity index (χ1n) is 7.07. The first-order chi connectivity index (χ1) is 10.7. The van der Waals surface area contributed by atoms with Crippen LogP contribution in [0.5, 0.6) is 0 Å². The Bertz CT molecular complexity index is 833. The van der Waals surface area contributed by atoms with Crippen LogP contribution in [0.25, 0.3) is 17.7 Å². The van der Waals surface area contributed by atoms with E-state index in [4.69, 9.17) is 9.52 Å². The zero-order valence-electron chi connectivity index (χ0n) is 12.3. The van der Waals surface area contributed by atoms with Gasteiger partial charge in [-0.1, -0.05) is 25.2 Å². The van der Waals surface area contributed by atoms with Gasteiger partial charge in [0.2, 0.25) is 0 Å². The summed E-state index contributed by atoms with van der Waals surface area (Å²) in [6, 6.07) is 0. The molecule has 1 heterocycles. The zero-order chi connectivity index (χ0) is 15.9. The van der Waals surface area contributed by atoms with Crippen LogP contribution in [0, 0.1) is 0 Å². The molecule has 114 valence electrons. The fourth-order valence-corrected chi connectivity index (χ4v) is 2.08. The van der Waals surface area contributed by atoms with Gasteiger partial charge in [-0.2, -0.15) is 0 Å². The predicted molar refractivity (Wildman–Crippen MR) is 87.7 cm³/mol. The Balaban J connectivity index is 2.67. The van der Waals surface area contributed by atoms with Crippen LogP contribution in [0.15, 0.2) is 57.9 Å². The zero-order valence-corrected chi connectivity index (χ0v) is 12.3. The number of aliphatic hydroxyl groups is 2. The van der Waals surface area contributed by atoms with Crippen molar-refractivity contribution < 1.29 is 14.6 Å². The molecule has 4 heteroatoms. The Hall–Kier alpha value is -2.75. The molecule has 2 N–H and O–H groups in total. The van der Waals surface area contributed by atoms with Gasteiger partial charge >= 0.3 is 0 Å². The number of hydrogen-bond donors (Lipinski definition) is 2. The van der Waals surface area contributed by atoms with E-state index in [1.807, 2.05) is 19.1 Å². The first-order valence-corrected chi connectivity index (χ1v) is 7.07. The number of allylic oxidation sites excluding steroid dienone is 7. The lowest BCUT2D eigenvalue weighted by atomic mass is 10.1. The van der Waals surface area contributed by atoms with Crippen LogP contribution in [0.2, 0.25) is 0 Å². The van der Waals surface area contributed by atoms with Gasteiger partial charge in [0, 0.05) is 6.42 Å². The molecule has 0 amide bonds. The normalized spacial score (nSPS) is 15.1. The second-order valence-electron chi connectivity index (χ2n) is 4.76. The van der Waals surface area contributed by atoms with Crippen LogP contribution >= 0.6 is 0 Å². The maximum atomic E-state index is 12.7. The van der Waals surface area contributed by atoms with E-state index in [1.54, 1.807) is 18.2 Å². The monoisotopic (exact) mass is 298 g/mol. The molecule has 0 aliphatic heterocycles. The Kier molecular flexibility index (Phi) is 5.20. The van der Waals surface area contributed by atoms with Gasteiger partial charge in [0.15, 0.2) is 5.43 Å². The average molecular weight is 298 g/mol. The fraction of sp³-hybridized carbons (Fsp3) is 0.167. The summed E-state index contributed by atoms with van der Waals surface area (Å²) in [4.78, 5) is 12.7. The molecule has 0 spiro atoms. The third-order valence-electron chi connectivity index (χ3n) is 3.20. The van der Waals surface area contributed by atoms with Crippen LogP contribution in [0.1, 0.15) is 25.3 Å². The molecule has 1 aromatic heterocycles. The summed E-state index contributed by atoms with van der Waals surface area (Å²) < 4.78 is 5.54. The number of aliphatic hydroxyl groups excluding tert-OH is 2. The number of fused-ring (bicyclic) bond motifs is 1. The van der Waals surface area contributed by atoms with E-state index >= 15 is 0 Å². The molecular formula is C18H18O4. The van der Waals surface area contributed by atoms with E-state index in [0.29, 0.717) is 28.2 Å². The summed E-state index contributed by atoms with van der Waals surface area (Å²) in [6.45, 7) is 1.99. The van der Waals surface area contributed by atoms with E-state index in [2.05, 4.69) is 0 Å². The summed E-state index contributed by atoms with van der Waals surface area (Å²) in [5, 5.41) is 18.8. The van der Waals surface area contributed by atoms with Crippen molar-refractivity contribution in [1.29, 1.82) is 0 Å².